The van der Waals surface area contributed by atoms with Gasteiger partial charge in [0.25, 0.3) is 0 Å². The Morgan fingerprint density at radius 3 is 2.08 bits per heavy atom. The minimum Gasteiger partial charge on any atom is -0.389 e. The topological polar surface area (TPSA) is 80.7 Å². The van der Waals surface area contributed by atoms with Crippen molar-refractivity contribution in [3.05, 3.63) is 83.0 Å². The number of benzene rings is 2. The Balaban J connectivity index is 2.05. The number of hydrogen-bond donors (Lipinski definition) is 1. The van der Waals surface area contributed by atoms with Crippen molar-refractivity contribution < 1.29 is 4.79 Å². The average molecular weight is 362 g/mol. The third-order valence-corrected chi connectivity index (χ3v) is 4.62. The Bertz CT molecular complexity index is 956. The highest BCUT2D eigenvalue weighted by atomic mass is 32.1. The molecule has 2 aromatic carbocycles. The van der Waals surface area contributed by atoms with Crippen LogP contribution in [0, 0.1) is 6.92 Å². The zero-order valence-corrected chi connectivity index (χ0v) is 15.3. The van der Waals surface area contributed by atoms with Gasteiger partial charge in [0.2, 0.25) is 5.78 Å². The Hall–Kier alpha value is -3.12. The number of anilines is 1. The van der Waals surface area contributed by atoms with E-state index in [1.807, 2.05) is 62.4 Å². The van der Waals surface area contributed by atoms with Crippen LogP contribution in [0.4, 0.5) is 5.00 Å². The first-order valence-corrected chi connectivity index (χ1v) is 8.85. The Morgan fingerprint density at radius 2 is 1.54 bits per heavy atom. The van der Waals surface area contributed by atoms with Crippen LogP contribution >= 0.6 is 11.5 Å². The molecule has 6 heteroatoms. The molecule has 0 atom stereocenters. The molecule has 0 aliphatic carbocycles. The minimum absolute atomic E-state index is 0.179. The van der Waals surface area contributed by atoms with Crippen LogP contribution in [0.25, 0.3) is 0 Å². The molecule has 26 heavy (non-hydrogen) atoms. The number of aryl methyl sites for hydroxylation is 1. The van der Waals surface area contributed by atoms with Gasteiger partial charge in [0.1, 0.15) is 10.7 Å². The van der Waals surface area contributed by atoms with Crippen molar-refractivity contribution in [2.24, 2.45) is 10.2 Å². The fourth-order valence-corrected chi connectivity index (χ4v) is 3.27. The number of Topliss-reactive ketones (excluding diaryl/α,β-unsaturated/α-hetero) is 1. The van der Waals surface area contributed by atoms with E-state index in [1.54, 1.807) is 12.1 Å². The predicted octanol–water partition coefficient (Wildman–Crippen LogP) is 4.13. The monoisotopic (exact) mass is 362 g/mol. The van der Waals surface area contributed by atoms with Crippen molar-refractivity contribution in [3.63, 3.8) is 0 Å². The summed E-state index contributed by atoms with van der Waals surface area (Å²) in [5, 5.41) is 9.16. The Labute approximate surface area is 156 Å². The fourth-order valence-electron chi connectivity index (χ4n) is 2.56. The summed E-state index contributed by atoms with van der Waals surface area (Å²) in [7, 11) is 0. The molecule has 0 bridgehead atoms. The maximum atomic E-state index is 12.9. The van der Waals surface area contributed by atoms with Gasteiger partial charge in [-0.1, -0.05) is 60.7 Å². The summed E-state index contributed by atoms with van der Waals surface area (Å²) >= 11 is 1.22. The van der Waals surface area contributed by atoms with Crippen LogP contribution in [0.1, 0.15) is 34.1 Å². The first kappa shape index (κ1) is 17.7. The van der Waals surface area contributed by atoms with E-state index in [-0.39, 0.29) is 11.5 Å². The largest absolute Gasteiger partial charge is 0.389 e. The van der Waals surface area contributed by atoms with Gasteiger partial charge < -0.3 is 5.73 Å². The van der Waals surface area contributed by atoms with Crippen LogP contribution in [0.2, 0.25) is 0 Å². The number of nitrogen functional groups attached to an aromatic ring is 1. The van der Waals surface area contributed by atoms with Crippen LogP contribution in [0.15, 0.2) is 70.9 Å². The molecule has 0 radical (unpaired) electrons. The summed E-state index contributed by atoms with van der Waals surface area (Å²) in [6.07, 6.45) is 0. The molecule has 3 aromatic rings. The van der Waals surface area contributed by atoms with Crippen molar-refractivity contribution in [3.8, 4) is 0 Å². The van der Waals surface area contributed by atoms with Gasteiger partial charge in [0, 0.05) is 11.1 Å². The van der Waals surface area contributed by atoms with Crippen molar-refractivity contribution in [2.75, 3.05) is 5.73 Å². The lowest BCUT2D eigenvalue weighted by Gasteiger charge is -2.05. The molecule has 0 aliphatic rings. The number of rotatable bonds is 5. The third kappa shape index (κ3) is 3.75. The number of nitrogens with zero attached hydrogens (tertiary/aromatic N) is 3. The van der Waals surface area contributed by atoms with Crippen LogP contribution in [-0.4, -0.2) is 21.6 Å². The van der Waals surface area contributed by atoms with E-state index in [2.05, 4.69) is 14.6 Å². The second-order valence-electron chi connectivity index (χ2n) is 5.70. The minimum atomic E-state index is -0.179. The third-order valence-electron chi connectivity index (χ3n) is 3.85. The fraction of sp³-hybridized carbons (Fsp3) is 0.100. The van der Waals surface area contributed by atoms with Gasteiger partial charge in [-0.15, -0.1) is 5.10 Å². The molecular weight excluding hydrogens is 344 g/mol. The lowest BCUT2D eigenvalue weighted by atomic mass is 10.0. The quantitative estimate of drug-likeness (QED) is 0.421. The van der Waals surface area contributed by atoms with Crippen molar-refractivity contribution in [2.45, 2.75) is 13.8 Å². The Morgan fingerprint density at radius 1 is 0.962 bits per heavy atom. The van der Waals surface area contributed by atoms with Crippen molar-refractivity contribution in [1.82, 2.24) is 4.37 Å². The lowest BCUT2D eigenvalue weighted by molar-refractivity contribution is 0.106. The number of aromatic nitrogens is 1. The maximum Gasteiger partial charge on any atom is 0.213 e. The molecule has 0 saturated carbocycles. The van der Waals surface area contributed by atoms with E-state index in [4.69, 9.17) is 5.73 Å². The summed E-state index contributed by atoms with van der Waals surface area (Å²) in [6, 6.07) is 18.4. The summed E-state index contributed by atoms with van der Waals surface area (Å²) in [6.45, 7) is 3.68. The second-order valence-corrected chi connectivity index (χ2v) is 6.51. The molecule has 1 heterocycles. The lowest BCUT2D eigenvalue weighted by Crippen LogP contribution is -2.16. The molecule has 0 amide bonds. The molecule has 2 N–H and O–H groups in total. The zero-order chi connectivity index (χ0) is 18.5. The summed E-state index contributed by atoms with van der Waals surface area (Å²) in [4.78, 5) is 12.9. The Kier molecular flexibility index (Phi) is 5.34. The average Bonchev–Trinajstić information content (AvgIpc) is 3.01. The number of carbonyl (C=O) groups is 1. The molecule has 0 aliphatic heterocycles. The highest BCUT2D eigenvalue weighted by molar-refractivity contribution is 7.10. The molecule has 130 valence electrons. The molecule has 3 rings (SSSR count). The van der Waals surface area contributed by atoms with E-state index >= 15 is 0 Å². The molecular formula is C20H18N4OS. The summed E-state index contributed by atoms with van der Waals surface area (Å²) in [5.41, 5.74) is 9.75. The van der Waals surface area contributed by atoms with Gasteiger partial charge in [0.05, 0.1) is 17.0 Å². The van der Waals surface area contributed by atoms with E-state index in [9.17, 15) is 4.79 Å². The second kappa shape index (κ2) is 7.84. The predicted molar refractivity (Wildman–Crippen MR) is 107 cm³/mol. The van der Waals surface area contributed by atoms with Crippen LogP contribution < -0.4 is 5.73 Å². The van der Waals surface area contributed by atoms with Gasteiger partial charge in [-0.05, 0) is 25.4 Å². The van der Waals surface area contributed by atoms with Crippen LogP contribution in [0.3, 0.4) is 0 Å². The van der Waals surface area contributed by atoms with Gasteiger partial charge in [0.15, 0.2) is 0 Å². The van der Waals surface area contributed by atoms with Gasteiger partial charge >= 0.3 is 0 Å². The SMILES string of the molecule is C/C(=N/N=C(\C(=O)c1ccccc1)c1ccccc1)c1c(C)nsc1N. The first-order valence-electron chi connectivity index (χ1n) is 8.07. The molecule has 0 fully saturated rings. The molecule has 0 unspecified atom stereocenters. The highest BCUT2D eigenvalue weighted by Gasteiger charge is 2.17. The molecule has 0 spiro atoms. The molecule has 0 saturated heterocycles. The van der Waals surface area contributed by atoms with Gasteiger partial charge in [-0.25, -0.2) is 0 Å². The van der Waals surface area contributed by atoms with Gasteiger partial charge in [-0.2, -0.15) is 9.47 Å². The first-order chi connectivity index (χ1) is 12.6. The van der Waals surface area contributed by atoms with Crippen molar-refractivity contribution in [1.29, 1.82) is 0 Å². The number of ketones is 1. The van der Waals surface area contributed by atoms with E-state index in [0.29, 0.717) is 21.8 Å². The normalized spacial score (nSPS) is 12.2. The van der Waals surface area contributed by atoms with Crippen LogP contribution in [-0.2, 0) is 0 Å². The van der Waals surface area contributed by atoms with E-state index in [0.717, 1.165) is 11.3 Å². The van der Waals surface area contributed by atoms with E-state index < -0.39 is 0 Å². The highest BCUT2D eigenvalue weighted by Crippen LogP contribution is 2.21. The maximum absolute atomic E-state index is 12.9. The smallest absolute Gasteiger partial charge is 0.213 e. The number of carbonyl (C=O) groups excluding carboxylic acids is 1. The number of hydrogen-bond acceptors (Lipinski definition) is 6. The zero-order valence-electron chi connectivity index (χ0n) is 14.5. The number of nitrogens with two attached hydrogens (primary N) is 1. The van der Waals surface area contributed by atoms with E-state index in [1.165, 1.54) is 11.5 Å². The molecule has 5 nitrogen and oxygen atoms in total. The standard InChI is InChI=1S/C20H18N4OS/c1-13(17-14(2)24-26-20(17)21)22-23-18(15-9-5-3-6-10-15)19(25)16-11-7-4-8-12-16/h3-12H,21H2,1-2H3/b22-13-,23-18-. The molecule has 1 aromatic heterocycles. The van der Waals surface area contributed by atoms with Crippen molar-refractivity contribution >= 4 is 33.7 Å². The summed E-state index contributed by atoms with van der Waals surface area (Å²) in [5.74, 6) is -0.179. The summed E-state index contributed by atoms with van der Waals surface area (Å²) < 4.78 is 4.23. The van der Waals surface area contributed by atoms with Crippen LogP contribution in [0.5, 0.6) is 0 Å². The van der Waals surface area contributed by atoms with Gasteiger partial charge in [-0.3, -0.25) is 4.79 Å².